The summed E-state index contributed by atoms with van der Waals surface area (Å²) in [5.74, 6) is -0.126. The van der Waals surface area contributed by atoms with Gasteiger partial charge >= 0.3 is 5.97 Å². The van der Waals surface area contributed by atoms with Gasteiger partial charge in [0.05, 0.1) is 52.4 Å². The van der Waals surface area contributed by atoms with Crippen LogP contribution in [0.2, 0.25) is 0 Å². The van der Waals surface area contributed by atoms with Gasteiger partial charge in [0.15, 0.2) is 0 Å². The lowest BCUT2D eigenvalue weighted by Gasteiger charge is -2.09. The van der Waals surface area contributed by atoms with Crippen LogP contribution >= 0.6 is 0 Å². The van der Waals surface area contributed by atoms with Crippen molar-refractivity contribution in [3.8, 4) is 0 Å². The van der Waals surface area contributed by atoms with Crippen LogP contribution < -0.4 is 0 Å². The third kappa shape index (κ3) is 21.4. The molecule has 0 aromatic rings. The van der Waals surface area contributed by atoms with Gasteiger partial charge < -0.3 is 23.7 Å². The largest absolute Gasteiger partial charge is 0.463 e. The van der Waals surface area contributed by atoms with Gasteiger partial charge in [-0.05, 0) is 20.3 Å². The van der Waals surface area contributed by atoms with Gasteiger partial charge in [-0.3, -0.25) is 4.79 Å². The summed E-state index contributed by atoms with van der Waals surface area (Å²) in [4.78, 5) is 11.5. The topological polar surface area (TPSA) is 63.2 Å². The van der Waals surface area contributed by atoms with Crippen LogP contribution in [0.4, 0.5) is 0 Å². The second kappa shape index (κ2) is 20.6. The molecule has 156 valence electrons. The first-order valence-corrected chi connectivity index (χ1v) is 10.2. The number of carbonyl (C=O) groups is 1. The Labute approximate surface area is 159 Å². The van der Waals surface area contributed by atoms with E-state index in [1.165, 1.54) is 25.7 Å². The molecule has 0 heterocycles. The van der Waals surface area contributed by atoms with E-state index in [0.29, 0.717) is 59.3 Å². The van der Waals surface area contributed by atoms with Crippen LogP contribution in [0, 0.1) is 0 Å². The Morgan fingerprint density at radius 3 is 1.77 bits per heavy atom. The molecular formula is C20H40O6. The van der Waals surface area contributed by atoms with E-state index in [1.807, 2.05) is 13.8 Å². The summed E-state index contributed by atoms with van der Waals surface area (Å²) < 4.78 is 26.6. The quantitative estimate of drug-likeness (QED) is 0.238. The van der Waals surface area contributed by atoms with Crippen molar-refractivity contribution >= 4 is 5.97 Å². The van der Waals surface area contributed by atoms with Gasteiger partial charge in [-0.1, -0.05) is 39.0 Å². The zero-order valence-electron chi connectivity index (χ0n) is 17.1. The van der Waals surface area contributed by atoms with Crippen LogP contribution in [0.3, 0.4) is 0 Å². The van der Waals surface area contributed by atoms with Crippen LogP contribution in [0.5, 0.6) is 0 Å². The molecule has 0 N–H and O–H groups in total. The van der Waals surface area contributed by atoms with Gasteiger partial charge in [0.25, 0.3) is 0 Å². The van der Waals surface area contributed by atoms with E-state index in [9.17, 15) is 4.79 Å². The number of carbonyl (C=O) groups excluding carboxylic acids is 1. The average Bonchev–Trinajstić information content (AvgIpc) is 2.61. The molecule has 0 bridgehead atoms. The minimum Gasteiger partial charge on any atom is -0.463 e. The molecule has 0 unspecified atom stereocenters. The highest BCUT2D eigenvalue weighted by Gasteiger charge is 2.02. The molecule has 0 aliphatic heterocycles. The molecule has 0 aromatic carbocycles. The average molecular weight is 377 g/mol. The van der Waals surface area contributed by atoms with Crippen molar-refractivity contribution in [3.05, 3.63) is 0 Å². The van der Waals surface area contributed by atoms with Gasteiger partial charge in [-0.2, -0.15) is 0 Å². The second-order valence-electron chi connectivity index (χ2n) is 6.49. The van der Waals surface area contributed by atoms with E-state index in [-0.39, 0.29) is 12.1 Å². The number of esters is 1. The first-order valence-electron chi connectivity index (χ1n) is 10.2. The Morgan fingerprint density at radius 1 is 0.692 bits per heavy atom. The molecule has 0 aromatic heterocycles. The van der Waals surface area contributed by atoms with Crippen molar-refractivity contribution in [1.29, 1.82) is 0 Å². The summed E-state index contributed by atoms with van der Waals surface area (Å²) in [6.07, 6.45) is 7.78. The van der Waals surface area contributed by atoms with Gasteiger partial charge in [0.1, 0.15) is 6.61 Å². The molecular weight excluding hydrogens is 336 g/mol. The minimum atomic E-state index is -0.126. The smallest absolute Gasteiger partial charge is 0.305 e. The lowest BCUT2D eigenvalue weighted by Crippen LogP contribution is -2.15. The summed E-state index contributed by atoms with van der Waals surface area (Å²) in [5, 5.41) is 0. The molecule has 0 spiro atoms. The Kier molecular flexibility index (Phi) is 20.1. The van der Waals surface area contributed by atoms with Crippen molar-refractivity contribution in [1.82, 2.24) is 0 Å². The molecule has 0 aliphatic carbocycles. The predicted molar refractivity (Wildman–Crippen MR) is 102 cm³/mol. The molecule has 0 radical (unpaired) electrons. The van der Waals surface area contributed by atoms with Gasteiger partial charge in [0.2, 0.25) is 0 Å². The summed E-state index contributed by atoms with van der Waals surface area (Å²) in [5.41, 5.74) is 0. The number of rotatable bonds is 20. The lowest BCUT2D eigenvalue weighted by atomic mass is 10.1. The SMILES string of the molecule is CCCCCCCCC(=O)OCCOCCOCCOCCOC(C)C. The summed E-state index contributed by atoms with van der Waals surface area (Å²) >= 11 is 0. The molecule has 26 heavy (non-hydrogen) atoms. The standard InChI is InChI=1S/C20H40O6/c1-4-5-6-7-8-9-10-20(21)26-18-16-24-14-12-22-11-13-23-15-17-25-19(2)3/h19H,4-18H2,1-3H3. The maximum Gasteiger partial charge on any atom is 0.305 e. The molecule has 0 atom stereocenters. The van der Waals surface area contributed by atoms with Crippen molar-refractivity contribution in [3.63, 3.8) is 0 Å². The maximum atomic E-state index is 11.5. The van der Waals surface area contributed by atoms with Gasteiger partial charge in [-0.25, -0.2) is 0 Å². The summed E-state index contributed by atoms with van der Waals surface area (Å²) in [6.45, 7) is 10.2. The maximum absolute atomic E-state index is 11.5. The molecule has 0 saturated heterocycles. The highest BCUT2D eigenvalue weighted by molar-refractivity contribution is 5.69. The van der Waals surface area contributed by atoms with E-state index >= 15 is 0 Å². The minimum absolute atomic E-state index is 0.126. The summed E-state index contributed by atoms with van der Waals surface area (Å²) in [6, 6.07) is 0. The normalized spacial score (nSPS) is 11.2. The molecule has 6 heteroatoms. The number of hydrogen-bond donors (Lipinski definition) is 0. The van der Waals surface area contributed by atoms with Crippen LogP contribution in [0.25, 0.3) is 0 Å². The van der Waals surface area contributed by atoms with Crippen LogP contribution in [0.1, 0.15) is 65.7 Å². The van der Waals surface area contributed by atoms with Crippen molar-refractivity contribution in [2.45, 2.75) is 71.8 Å². The fourth-order valence-corrected chi connectivity index (χ4v) is 2.22. The molecule has 0 amide bonds. The van der Waals surface area contributed by atoms with E-state index in [2.05, 4.69) is 6.92 Å². The molecule has 0 aliphatic rings. The van der Waals surface area contributed by atoms with E-state index in [0.717, 1.165) is 12.8 Å². The van der Waals surface area contributed by atoms with Gasteiger partial charge in [-0.15, -0.1) is 0 Å². The van der Waals surface area contributed by atoms with Crippen molar-refractivity contribution < 1.29 is 28.5 Å². The Hall–Kier alpha value is -0.690. The Morgan fingerprint density at radius 2 is 1.19 bits per heavy atom. The molecule has 0 saturated carbocycles. The van der Waals surface area contributed by atoms with E-state index in [1.54, 1.807) is 0 Å². The fraction of sp³-hybridized carbons (Fsp3) is 0.950. The number of hydrogen-bond acceptors (Lipinski definition) is 6. The zero-order valence-corrected chi connectivity index (χ0v) is 17.1. The third-order valence-electron chi connectivity index (χ3n) is 3.65. The fourth-order valence-electron chi connectivity index (χ4n) is 2.22. The van der Waals surface area contributed by atoms with E-state index in [4.69, 9.17) is 23.7 Å². The second-order valence-corrected chi connectivity index (χ2v) is 6.49. The number of unbranched alkanes of at least 4 members (excludes halogenated alkanes) is 5. The Bertz CT molecular complexity index is 296. The number of ether oxygens (including phenoxy) is 5. The Balaban J connectivity index is 3.13. The third-order valence-corrected chi connectivity index (χ3v) is 3.65. The first-order chi connectivity index (χ1) is 12.7. The monoisotopic (exact) mass is 376 g/mol. The first kappa shape index (κ1) is 25.3. The summed E-state index contributed by atoms with van der Waals surface area (Å²) in [7, 11) is 0. The molecule has 6 nitrogen and oxygen atoms in total. The highest BCUT2D eigenvalue weighted by atomic mass is 16.6. The zero-order chi connectivity index (χ0) is 19.3. The molecule has 0 rings (SSSR count). The molecule has 0 fully saturated rings. The predicted octanol–water partition coefficient (Wildman–Crippen LogP) is 3.76. The van der Waals surface area contributed by atoms with Crippen LogP contribution in [-0.2, 0) is 28.5 Å². The lowest BCUT2D eigenvalue weighted by molar-refractivity contribution is -0.145. The van der Waals surface area contributed by atoms with Crippen LogP contribution in [-0.4, -0.2) is 64.9 Å². The highest BCUT2D eigenvalue weighted by Crippen LogP contribution is 2.07. The van der Waals surface area contributed by atoms with Crippen LogP contribution in [0.15, 0.2) is 0 Å². The van der Waals surface area contributed by atoms with Gasteiger partial charge in [0, 0.05) is 6.42 Å². The van der Waals surface area contributed by atoms with Crippen molar-refractivity contribution in [2.24, 2.45) is 0 Å². The van der Waals surface area contributed by atoms with E-state index < -0.39 is 0 Å². The van der Waals surface area contributed by atoms with Crippen molar-refractivity contribution in [2.75, 3.05) is 52.9 Å².